The molecule has 8 nitrogen and oxygen atoms in total. The summed E-state index contributed by atoms with van der Waals surface area (Å²) in [5, 5.41) is 9.45. The first-order valence-electron chi connectivity index (χ1n) is 13.6. The Morgan fingerprint density at radius 3 is 1.83 bits per heavy atom. The number of aliphatic carboxylic acids is 1. The maximum absolute atomic E-state index is 12.3. The van der Waals surface area contributed by atoms with Gasteiger partial charge in [-0.3, -0.25) is 9.59 Å². The number of ether oxygens (including phenoxy) is 3. The van der Waals surface area contributed by atoms with E-state index >= 15 is 0 Å². The van der Waals surface area contributed by atoms with Gasteiger partial charge in [-0.25, -0.2) is 4.79 Å². The number of likely N-dealkylation sites (N-methyl/N-ethyl adjacent to an activating group) is 1. The number of carbonyl (C=O) groups is 3. The summed E-state index contributed by atoms with van der Waals surface area (Å²) in [5.41, 5.74) is 0. The molecule has 0 fully saturated rings. The molecule has 0 aliphatic heterocycles. The summed E-state index contributed by atoms with van der Waals surface area (Å²) >= 11 is 0. The first kappa shape index (κ1) is 33.3. The van der Waals surface area contributed by atoms with Crippen molar-refractivity contribution in [3.63, 3.8) is 0 Å². The molecule has 35 heavy (non-hydrogen) atoms. The van der Waals surface area contributed by atoms with Gasteiger partial charge in [-0.05, 0) is 12.8 Å². The van der Waals surface area contributed by atoms with Crippen molar-refractivity contribution in [2.45, 2.75) is 116 Å². The topological polar surface area (TPSA) is 99.1 Å². The Morgan fingerprint density at radius 1 is 0.743 bits per heavy atom. The molecule has 206 valence electrons. The molecule has 0 heterocycles. The molecule has 2 unspecified atom stereocenters. The lowest BCUT2D eigenvalue weighted by atomic mass is 10.1. The van der Waals surface area contributed by atoms with Crippen LogP contribution in [-0.4, -0.2) is 80.6 Å². The van der Waals surface area contributed by atoms with Crippen LogP contribution in [0.3, 0.4) is 0 Å². The average Bonchev–Trinajstić information content (AvgIpc) is 2.77. The van der Waals surface area contributed by atoms with E-state index in [-0.39, 0.29) is 36.2 Å². The highest BCUT2D eigenvalue weighted by molar-refractivity contribution is 5.72. The van der Waals surface area contributed by atoms with Crippen molar-refractivity contribution >= 4 is 17.9 Å². The SMILES string of the molecule is CCCCCCCCCCC(=O)OC(COCCC(C(=O)O)[N+](C)(C)C)COC(=O)CCCCC. The lowest BCUT2D eigenvalue weighted by Crippen LogP contribution is -2.50. The van der Waals surface area contributed by atoms with Gasteiger partial charge in [0, 0.05) is 19.3 Å². The van der Waals surface area contributed by atoms with Gasteiger partial charge in [0.25, 0.3) is 0 Å². The quantitative estimate of drug-likeness (QED) is 0.118. The normalized spacial score (nSPS) is 13.3. The Morgan fingerprint density at radius 2 is 1.26 bits per heavy atom. The molecule has 0 aromatic heterocycles. The lowest BCUT2D eigenvalue weighted by molar-refractivity contribution is -0.887. The molecule has 0 saturated carbocycles. The Kier molecular flexibility index (Phi) is 19.5. The highest BCUT2D eigenvalue weighted by Gasteiger charge is 2.31. The number of carbonyl (C=O) groups excluding carboxylic acids is 2. The predicted octanol–water partition coefficient (Wildman–Crippen LogP) is 5.12. The molecule has 0 rings (SSSR count). The number of rotatable bonds is 23. The van der Waals surface area contributed by atoms with Crippen LogP contribution < -0.4 is 0 Å². The van der Waals surface area contributed by atoms with E-state index < -0.39 is 18.1 Å². The average molecular weight is 503 g/mol. The molecule has 0 radical (unpaired) electrons. The number of quaternary nitrogens is 1. The lowest BCUT2D eigenvalue weighted by Gasteiger charge is -2.31. The van der Waals surface area contributed by atoms with Gasteiger partial charge in [0.2, 0.25) is 0 Å². The van der Waals surface area contributed by atoms with E-state index in [1.165, 1.54) is 32.1 Å². The maximum atomic E-state index is 12.3. The minimum absolute atomic E-state index is 0.0498. The number of nitrogens with zero attached hydrogens (tertiary/aromatic N) is 1. The fourth-order valence-electron chi connectivity index (χ4n) is 3.79. The second kappa shape index (κ2) is 20.5. The molecule has 2 atom stereocenters. The zero-order valence-corrected chi connectivity index (χ0v) is 23.0. The van der Waals surface area contributed by atoms with E-state index in [0.717, 1.165) is 38.5 Å². The summed E-state index contributed by atoms with van der Waals surface area (Å²) in [6.45, 7) is 4.50. The zero-order chi connectivity index (χ0) is 26.5. The first-order chi connectivity index (χ1) is 16.6. The number of unbranched alkanes of at least 4 members (excludes halogenated alkanes) is 9. The molecule has 0 aliphatic rings. The first-order valence-corrected chi connectivity index (χ1v) is 13.6. The number of carboxylic acid groups (broad SMARTS) is 1. The molecule has 0 aromatic carbocycles. The van der Waals surface area contributed by atoms with Crippen LogP contribution in [0.1, 0.15) is 104 Å². The molecule has 1 N–H and O–H groups in total. The van der Waals surface area contributed by atoms with Crippen molar-refractivity contribution in [1.82, 2.24) is 0 Å². The standard InChI is InChI=1S/C27H51NO7/c1-6-8-10-11-12-13-14-16-18-26(30)35-23(22-34-25(29)17-15-9-7-2)21-33-20-19-24(27(31)32)28(3,4)5/h23-24H,6-22H2,1-5H3/p+1. The van der Waals surface area contributed by atoms with Crippen molar-refractivity contribution in [1.29, 1.82) is 0 Å². The zero-order valence-electron chi connectivity index (χ0n) is 23.0. The van der Waals surface area contributed by atoms with Gasteiger partial charge in [0.15, 0.2) is 12.1 Å². The molecule has 0 amide bonds. The second-order valence-electron chi connectivity index (χ2n) is 10.3. The minimum atomic E-state index is -0.879. The van der Waals surface area contributed by atoms with Crippen LogP contribution in [0.15, 0.2) is 0 Å². The highest BCUT2D eigenvalue weighted by atomic mass is 16.6. The molecule has 0 aliphatic carbocycles. The van der Waals surface area contributed by atoms with Crippen molar-refractivity contribution in [3.05, 3.63) is 0 Å². The Hall–Kier alpha value is -1.67. The summed E-state index contributed by atoms with van der Waals surface area (Å²) in [5.74, 6) is -1.50. The van der Waals surface area contributed by atoms with Gasteiger partial charge in [-0.1, -0.05) is 71.6 Å². The Balaban J connectivity index is 4.51. The Bertz CT molecular complexity index is 574. The van der Waals surface area contributed by atoms with E-state index in [4.69, 9.17) is 14.2 Å². The molecular formula is C27H52NO7+. The molecule has 8 heteroatoms. The van der Waals surface area contributed by atoms with E-state index in [9.17, 15) is 19.5 Å². The van der Waals surface area contributed by atoms with Crippen LogP contribution in [0.2, 0.25) is 0 Å². The van der Waals surface area contributed by atoms with E-state index in [1.807, 2.05) is 21.1 Å². The smallest absolute Gasteiger partial charge is 0.362 e. The van der Waals surface area contributed by atoms with Crippen LogP contribution in [0.25, 0.3) is 0 Å². The van der Waals surface area contributed by atoms with E-state index in [2.05, 4.69) is 13.8 Å². The van der Waals surface area contributed by atoms with Gasteiger partial charge >= 0.3 is 17.9 Å². The third-order valence-electron chi connectivity index (χ3n) is 6.01. The summed E-state index contributed by atoms with van der Waals surface area (Å²) in [6, 6.07) is -0.602. The molecule has 0 spiro atoms. The van der Waals surface area contributed by atoms with Crippen molar-refractivity contribution in [2.75, 3.05) is 41.0 Å². The molecular weight excluding hydrogens is 450 g/mol. The van der Waals surface area contributed by atoms with Gasteiger partial charge in [0.1, 0.15) is 6.61 Å². The van der Waals surface area contributed by atoms with Crippen molar-refractivity contribution in [3.8, 4) is 0 Å². The van der Waals surface area contributed by atoms with Gasteiger partial charge < -0.3 is 23.8 Å². The fourth-order valence-corrected chi connectivity index (χ4v) is 3.79. The predicted molar refractivity (Wildman–Crippen MR) is 137 cm³/mol. The number of carboxylic acids is 1. The monoisotopic (exact) mass is 502 g/mol. The highest BCUT2D eigenvalue weighted by Crippen LogP contribution is 2.12. The fraction of sp³-hybridized carbons (Fsp3) is 0.889. The van der Waals surface area contributed by atoms with E-state index in [0.29, 0.717) is 19.3 Å². The summed E-state index contributed by atoms with van der Waals surface area (Å²) in [6.07, 6.45) is 12.2. The number of esters is 2. The third kappa shape index (κ3) is 19.2. The second-order valence-corrected chi connectivity index (χ2v) is 10.3. The van der Waals surface area contributed by atoms with Gasteiger partial charge in [-0.15, -0.1) is 0 Å². The van der Waals surface area contributed by atoms with Crippen LogP contribution in [-0.2, 0) is 28.6 Å². The van der Waals surface area contributed by atoms with Gasteiger partial charge in [0.05, 0.1) is 34.4 Å². The largest absolute Gasteiger partial charge is 0.477 e. The summed E-state index contributed by atoms with van der Waals surface area (Å²) < 4.78 is 16.8. The number of hydrogen-bond acceptors (Lipinski definition) is 6. The van der Waals surface area contributed by atoms with Crippen LogP contribution in [0.5, 0.6) is 0 Å². The summed E-state index contributed by atoms with van der Waals surface area (Å²) in [7, 11) is 5.48. The molecule has 0 saturated heterocycles. The summed E-state index contributed by atoms with van der Waals surface area (Å²) in [4.78, 5) is 35.8. The van der Waals surface area contributed by atoms with Crippen molar-refractivity contribution < 1.29 is 38.2 Å². The maximum Gasteiger partial charge on any atom is 0.362 e. The van der Waals surface area contributed by atoms with E-state index in [1.54, 1.807) is 0 Å². The van der Waals surface area contributed by atoms with Crippen molar-refractivity contribution in [2.24, 2.45) is 0 Å². The van der Waals surface area contributed by atoms with Gasteiger partial charge in [-0.2, -0.15) is 0 Å². The Labute approximate surface area is 213 Å². The van der Waals surface area contributed by atoms with Crippen LogP contribution >= 0.6 is 0 Å². The number of hydrogen-bond donors (Lipinski definition) is 1. The molecule has 0 bridgehead atoms. The minimum Gasteiger partial charge on any atom is -0.477 e. The molecule has 0 aromatic rings. The third-order valence-corrected chi connectivity index (χ3v) is 6.01. The van der Waals surface area contributed by atoms with Crippen LogP contribution in [0, 0.1) is 0 Å². The van der Waals surface area contributed by atoms with Crippen LogP contribution in [0.4, 0.5) is 0 Å².